The van der Waals surface area contributed by atoms with Crippen molar-refractivity contribution in [3.8, 4) is 5.75 Å². The van der Waals surface area contributed by atoms with E-state index >= 15 is 0 Å². The summed E-state index contributed by atoms with van der Waals surface area (Å²) in [6.45, 7) is 1.43. The van der Waals surface area contributed by atoms with Gasteiger partial charge in [-0.3, -0.25) is 4.79 Å². The van der Waals surface area contributed by atoms with Crippen molar-refractivity contribution in [2.24, 2.45) is 0 Å². The van der Waals surface area contributed by atoms with Crippen molar-refractivity contribution >= 4 is 23.1 Å². The molecular formula is C10H10ClNO2. The van der Waals surface area contributed by atoms with Crippen molar-refractivity contribution in [2.45, 2.75) is 0 Å². The van der Waals surface area contributed by atoms with Gasteiger partial charge in [0.2, 0.25) is 0 Å². The van der Waals surface area contributed by atoms with Crippen molar-refractivity contribution in [1.29, 1.82) is 0 Å². The molecule has 0 atom stereocenters. The Hall–Kier alpha value is -1.22. The Morgan fingerprint density at radius 2 is 2.43 bits per heavy atom. The second-order valence-electron chi connectivity index (χ2n) is 3.04. The van der Waals surface area contributed by atoms with Gasteiger partial charge >= 0.3 is 0 Å². The smallest absolute Gasteiger partial charge is 0.177 e. The molecule has 3 nitrogen and oxygen atoms in total. The van der Waals surface area contributed by atoms with Crippen LogP contribution in [0.15, 0.2) is 18.2 Å². The topological polar surface area (TPSA) is 38.3 Å². The fourth-order valence-electron chi connectivity index (χ4n) is 1.39. The fourth-order valence-corrected chi connectivity index (χ4v) is 1.55. The monoisotopic (exact) mass is 211 g/mol. The number of ketones is 1. The molecule has 0 unspecified atom stereocenters. The Morgan fingerprint density at radius 3 is 3.21 bits per heavy atom. The standard InChI is InChI=1S/C10H10ClNO2/c11-6-9(13)7-1-2-10-8(5-7)12-3-4-14-10/h1-2,5,12H,3-4,6H2. The number of Topliss-reactive ketones (excluding diaryl/α,β-unsaturated/α-hetero) is 1. The predicted molar refractivity (Wildman–Crippen MR) is 55.5 cm³/mol. The van der Waals surface area contributed by atoms with E-state index in [4.69, 9.17) is 16.3 Å². The van der Waals surface area contributed by atoms with Crippen molar-refractivity contribution < 1.29 is 9.53 Å². The molecule has 1 aliphatic rings. The molecule has 0 fully saturated rings. The molecule has 0 aliphatic carbocycles. The van der Waals surface area contributed by atoms with Gasteiger partial charge in [0, 0.05) is 12.1 Å². The van der Waals surface area contributed by atoms with Crippen LogP contribution in [0.1, 0.15) is 10.4 Å². The Morgan fingerprint density at radius 1 is 1.57 bits per heavy atom. The van der Waals surface area contributed by atoms with Crippen LogP contribution in [0, 0.1) is 0 Å². The third-order valence-corrected chi connectivity index (χ3v) is 2.34. The molecule has 14 heavy (non-hydrogen) atoms. The highest BCUT2D eigenvalue weighted by atomic mass is 35.5. The first-order valence-corrected chi connectivity index (χ1v) is 4.94. The normalized spacial score (nSPS) is 13.8. The Kier molecular flexibility index (Phi) is 2.59. The average molecular weight is 212 g/mol. The van der Waals surface area contributed by atoms with E-state index in [1.807, 2.05) is 0 Å². The summed E-state index contributed by atoms with van der Waals surface area (Å²) < 4.78 is 5.39. The number of benzene rings is 1. The maximum Gasteiger partial charge on any atom is 0.177 e. The van der Waals surface area contributed by atoms with E-state index in [0.29, 0.717) is 12.2 Å². The molecule has 0 saturated heterocycles. The van der Waals surface area contributed by atoms with Gasteiger partial charge < -0.3 is 10.1 Å². The Bertz CT molecular complexity index is 365. The quantitative estimate of drug-likeness (QED) is 0.600. The van der Waals surface area contributed by atoms with E-state index in [2.05, 4.69) is 5.32 Å². The molecule has 4 heteroatoms. The predicted octanol–water partition coefficient (Wildman–Crippen LogP) is 1.91. The summed E-state index contributed by atoms with van der Waals surface area (Å²) in [5, 5.41) is 3.16. The number of rotatable bonds is 2. The lowest BCUT2D eigenvalue weighted by Crippen LogP contribution is -2.18. The second kappa shape index (κ2) is 3.88. The van der Waals surface area contributed by atoms with Crippen molar-refractivity contribution in [3.63, 3.8) is 0 Å². The lowest BCUT2D eigenvalue weighted by Gasteiger charge is -2.19. The van der Waals surface area contributed by atoms with Gasteiger partial charge in [0.1, 0.15) is 12.4 Å². The molecule has 74 valence electrons. The second-order valence-corrected chi connectivity index (χ2v) is 3.31. The summed E-state index contributed by atoms with van der Waals surface area (Å²) in [7, 11) is 0. The van der Waals surface area contributed by atoms with Gasteiger partial charge in [-0.2, -0.15) is 0 Å². The highest BCUT2D eigenvalue weighted by Gasteiger charge is 2.12. The zero-order valence-electron chi connectivity index (χ0n) is 7.55. The van der Waals surface area contributed by atoms with Crippen LogP contribution in [0.3, 0.4) is 0 Å². The molecule has 0 bridgehead atoms. The summed E-state index contributed by atoms with van der Waals surface area (Å²) >= 11 is 5.47. The van der Waals surface area contributed by atoms with E-state index < -0.39 is 0 Å². The third-order valence-electron chi connectivity index (χ3n) is 2.10. The van der Waals surface area contributed by atoms with Gasteiger partial charge in [-0.15, -0.1) is 11.6 Å². The minimum atomic E-state index is -0.0677. The summed E-state index contributed by atoms with van der Waals surface area (Å²) in [5.74, 6) is 0.740. The van der Waals surface area contributed by atoms with Gasteiger partial charge in [0.15, 0.2) is 5.78 Å². The van der Waals surface area contributed by atoms with Crippen molar-refractivity contribution in [3.05, 3.63) is 23.8 Å². The minimum absolute atomic E-state index is 0.0135. The molecule has 0 amide bonds. The molecule has 0 aromatic heterocycles. The van der Waals surface area contributed by atoms with Gasteiger partial charge in [-0.1, -0.05) is 0 Å². The van der Waals surface area contributed by atoms with Crippen LogP contribution in [-0.4, -0.2) is 24.8 Å². The lowest BCUT2D eigenvalue weighted by molar-refractivity contribution is 0.102. The maximum atomic E-state index is 11.3. The SMILES string of the molecule is O=C(CCl)c1ccc2c(c1)NCCO2. The van der Waals surface area contributed by atoms with E-state index in [1.54, 1.807) is 18.2 Å². The first kappa shape index (κ1) is 9.34. The van der Waals surface area contributed by atoms with Gasteiger partial charge in [-0.05, 0) is 18.2 Å². The number of alkyl halides is 1. The summed E-state index contributed by atoms with van der Waals surface area (Å²) in [6.07, 6.45) is 0. The molecule has 0 radical (unpaired) electrons. The van der Waals surface area contributed by atoms with Gasteiger partial charge in [-0.25, -0.2) is 0 Å². The molecule has 2 rings (SSSR count). The first-order chi connectivity index (χ1) is 6.81. The number of ether oxygens (including phenoxy) is 1. The fraction of sp³-hybridized carbons (Fsp3) is 0.300. The van der Waals surface area contributed by atoms with Crippen molar-refractivity contribution in [1.82, 2.24) is 0 Å². The highest BCUT2D eigenvalue weighted by molar-refractivity contribution is 6.30. The van der Waals surface area contributed by atoms with Crippen LogP contribution in [0.5, 0.6) is 5.75 Å². The number of nitrogens with one attached hydrogen (secondary N) is 1. The molecule has 1 aromatic carbocycles. The van der Waals surface area contributed by atoms with Crippen LogP contribution in [0.4, 0.5) is 5.69 Å². The first-order valence-electron chi connectivity index (χ1n) is 4.41. The summed E-state index contributed by atoms with van der Waals surface area (Å²) in [4.78, 5) is 11.3. The zero-order valence-corrected chi connectivity index (χ0v) is 8.30. The molecule has 1 N–H and O–H groups in total. The largest absolute Gasteiger partial charge is 0.490 e. The van der Waals surface area contributed by atoms with Gasteiger partial charge in [0.05, 0.1) is 11.6 Å². The van der Waals surface area contributed by atoms with E-state index in [9.17, 15) is 4.79 Å². The highest BCUT2D eigenvalue weighted by Crippen LogP contribution is 2.28. The number of hydrogen-bond donors (Lipinski definition) is 1. The van der Waals surface area contributed by atoms with Crippen LogP contribution < -0.4 is 10.1 Å². The van der Waals surface area contributed by atoms with Gasteiger partial charge in [0.25, 0.3) is 0 Å². The average Bonchev–Trinajstić information content (AvgIpc) is 2.27. The molecule has 1 aliphatic heterocycles. The van der Waals surface area contributed by atoms with Crippen molar-refractivity contribution in [2.75, 3.05) is 24.3 Å². The van der Waals surface area contributed by atoms with E-state index in [0.717, 1.165) is 18.0 Å². The third kappa shape index (κ3) is 1.68. The van der Waals surface area contributed by atoms with Crippen LogP contribution >= 0.6 is 11.6 Å². The number of hydrogen-bond acceptors (Lipinski definition) is 3. The molecule has 1 aromatic rings. The summed E-state index contributed by atoms with van der Waals surface area (Å²) in [5.41, 5.74) is 1.49. The Labute approximate surface area is 87.0 Å². The van der Waals surface area contributed by atoms with E-state index in [1.165, 1.54) is 0 Å². The minimum Gasteiger partial charge on any atom is -0.490 e. The van der Waals surface area contributed by atoms with Crippen LogP contribution in [0.25, 0.3) is 0 Å². The van der Waals surface area contributed by atoms with E-state index in [-0.39, 0.29) is 11.7 Å². The number of fused-ring (bicyclic) bond motifs is 1. The molecular weight excluding hydrogens is 202 g/mol. The molecule has 0 spiro atoms. The summed E-state index contributed by atoms with van der Waals surface area (Å²) in [6, 6.07) is 5.30. The lowest BCUT2D eigenvalue weighted by atomic mass is 10.1. The molecule has 0 saturated carbocycles. The maximum absolute atomic E-state index is 11.3. The van der Waals surface area contributed by atoms with Crippen LogP contribution in [0.2, 0.25) is 0 Å². The number of halogens is 1. The van der Waals surface area contributed by atoms with Crippen LogP contribution in [-0.2, 0) is 0 Å². The Balaban J connectivity index is 2.33. The zero-order chi connectivity index (χ0) is 9.97. The number of carbonyl (C=O) groups is 1. The number of anilines is 1. The molecule has 1 heterocycles. The number of carbonyl (C=O) groups excluding carboxylic acids is 1.